The molecule has 0 bridgehead atoms. The average Bonchev–Trinajstić information content (AvgIpc) is 2.48. The molecule has 1 N–H and O–H groups in total. The minimum Gasteiger partial charge on any atom is -0.396 e. The molecule has 19 heavy (non-hydrogen) atoms. The van der Waals surface area contributed by atoms with Crippen molar-refractivity contribution in [1.29, 1.82) is 0 Å². The van der Waals surface area contributed by atoms with Crippen LogP contribution in [0, 0.1) is 5.41 Å². The maximum Gasteiger partial charge on any atom is 0.245 e. The topological polar surface area (TPSA) is 40.5 Å². The first-order valence-electron chi connectivity index (χ1n) is 6.75. The summed E-state index contributed by atoms with van der Waals surface area (Å²) in [5, 5.41) is 9.76. The highest BCUT2D eigenvalue weighted by Gasteiger charge is 2.35. The molecule has 0 radical (unpaired) electrons. The van der Waals surface area contributed by atoms with Crippen molar-refractivity contribution in [1.82, 2.24) is 4.90 Å². The second-order valence-corrected chi connectivity index (χ2v) is 5.35. The molecule has 0 unspecified atom stereocenters. The second-order valence-electron chi connectivity index (χ2n) is 5.35. The zero-order valence-electron chi connectivity index (χ0n) is 11.2. The lowest BCUT2D eigenvalue weighted by Gasteiger charge is -2.40. The van der Waals surface area contributed by atoms with E-state index < -0.39 is 0 Å². The van der Waals surface area contributed by atoms with E-state index in [1.165, 1.54) is 11.6 Å². The third-order valence-corrected chi connectivity index (χ3v) is 4.07. The molecule has 1 saturated heterocycles. The third-order valence-electron chi connectivity index (χ3n) is 4.07. The van der Waals surface area contributed by atoms with E-state index in [0.29, 0.717) is 13.1 Å². The Bertz CT molecular complexity index is 433. The number of aliphatic hydroxyl groups is 1. The Hall–Kier alpha value is -1.61. The summed E-state index contributed by atoms with van der Waals surface area (Å²) in [4.78, 5) is 13.4. The van der Waals surface area contributed by atoms with Crippen molar-refractivity contribution >= 4 is 5.91 Å². The number of nitrogens with zero attached hydrogens (tertiary/aromatic N) is 1. The SMILES string of the molecule is C=CC(=O)N1CCC(CO)(Cc2ccccc2)CC1. The van der Waals surface area contributed by atoms with Crippen molar-refractivity contribution in [3.05, 3.63) is 48.6 Å². The van der Waals surface area contributed by atoms with Crippen molar-refractivity contribution in [3.8, 4) is 0 Å². The number of hydrogen-bond donors (Lipinski definition) is 1. The smallest absolute Gasteiger partial charge is 0.245 e. The van der Waals surface area contributed by atoms with E-state index >= 15 is 0 Å². The largest absolute Gasteiger partial charge is 0.396 e. The molecule has 3 heteroatoms. The highest BCUT2D eigenvalue weighted by molar-refractivity contribution is 5.87. The van der Waals surface area contributed by atoms with Gasteiger partial charge in [-0.2, -0.15) is 0 Å². The van der Waals surface area contributed by atoms with Crippen LogP contribution in [0.4, 0.5) is 0 Å². The summed E-state index contributed by atoms with van der Waals surface area (Å²) >= 11 is 0. The lowest BCUT2D eigenvalue weighted by Crippen LogP contribution is -2.45. The molecule has 1 fully saturated rings. The molecule has 1 aromatic rings. The zero-order valence-corrected chi connectivity index (χ0v) is 11.2. The summed E-state index contributed by atoms with van der Waals surface area (Å²) in [6.07, 6.45) is 3.93. The lowest BCUT2D eigenvalue weighted by atomic mass is 9.74. The summed E-state index contributed by atoms with van der Waals surface area (Å²) < 4.78 is 0. The van der Waals surface area contributed by atoms with Crippen LogP contribution in [0.5, 0.6) is 0 Å². The van der Waals surface area contributed by atoms with Gasteiger partial charge in [0, 0.05) is 25.1 Å². The number of carbonyl (C=O) groups is 1. The Balaban J connectivity index is 2.02. The number of amides is 1. The van der Waals surface area contributed by atoms with Crippen LogP contribution in [0.2, 0.25) is 0 Å². The van der Waals surface area contributed by atoms with E-state index in [2.05, 4.69) is 18.7 Å². The molecule has 0 aromatic heterocycles. The molecule has 0 saturated carbocycles. The molecule has 0 aliphatic carbocycles. The Morgan fingerprint density at radius 2 is 1.95 bits per heavy atom. The summed E-state index contributed by atoms with van der Waals surface area (Å²) in [6, 6.07) is 10.2. The quantitative estimate of drug-likeness (QED) is 0.840. The van der Waals surface area contributed by atoms with Crippen LogP contribution in [0.15, 0.2) is 43.0 Å². The van der Waals surface area contributed by atoms with Crippen LogP contribution in [0.25, 0.3) is 0 Å². The van der Waals surface area contributed by atoms with Gasteiger partial charge in [-0.05, 0) is 30.9 Å². The number of likely N-dealkylation sites (tertiary alicyclic amines) is 1. The predicted molar refractivity (Wildman–Crippen MR) is 75.7 cm³/mol. The summed E-state index contributed by atoms with van der Waals surface area (Å²) in [6.45, 7) is 5.11. The lowest BCUT2D eigenvalue weighted by molar-refractivity contribution is -0.128. The van der Waals surface area contributed by atoms with Gasteiger partial charge >= 0.3 is 0 Å². The minimum atomic E-state index is -0.0840. The molecule has 1 aromatic carbocycles. The number of hydrogen-bond acceptors (Lipinski definition) is 2. The van der Waals surface area contributed by atoms with Crippen molar-refractivity contribution in [2.75, 3.05) is 19.7 Å². The Morgan fingerprint density at radius 3 is 2.47 bits per heavy atom. The van der Waals surface area contributed by atoms with Crippen molar-refractivity contribution < 1.29 is 9.90 Å². The summed E-state index contributed by atoms with van der Waals surface area (Å²) in [7, 11) is 0. The number of aliphatic hydroxyl groups excluding tert-OH is 1. The van der Waals surface area contributed by atoms with Gasteiger partial charge in [0.15, 0.2) is 0 Å². The van der Waals surface area contributed by atoms with Gasteiger partial charge in [0.2, 0.25) is 5.91 Å². The van der Waals surface area contributed by atoms with Gasteiger partial charge in [0.1, 0.15) is 0 Å². The Labute approximate surface area is 114 Å². The zero-order chi connectivity index (χ0) is 13.7. The van der Waals surface area contributed by atoms with Crippen LogP contribution < -0.4 is 0 Å². The standard InChI is InChI=1S/C16H21NO2/c1-2-15(19)17-10-8-16(13-18,9-11-17)12-14-6-4-3-5-7-14/h2-7,18H,1,8-13H2. The molecule has 1 aliphatic rings. The van der Waals surface area contributed by atoms with Crippen LogP contribution >= 0.6 is 0 Å². The van der Waals surface area contributed by atoms with E-state index in [9.17, 15) is 9.90 Å². The first kappa shape index (κ1) is 13.8. The molecule has 0 spiro atoms. The molecule has 102 valence electrons. The molecular formula is C16H21NO2. The second kappa shape index (κ2) is 6.02. The van der Waals surface area contributed by atoms with Crippen LogP contribution in [-0.2, 0) is 11.2 Å². The molecule has 1 amide bonds. The van der Waals surface area contributed by atoms with Gasteiger partial charge in [-0.15, -0.1) is 0 Å². The maximum absolute atomic E-state index is 11.6. The highest BCUT2D eigenvalue weighted by Crippen LogP contribution is 2.34. The Kier molecular flexibility index (Phi) is 4.38. The van der Waals surface area contributed by atoms with E-state index in [1.807, 2.05) is 23.1 Å². The van der Waals surface area contributed by atoms with Crippen LogP contribution in [0.3, 0.4) is 0 Å². The van der Waals surface area contributed by atoms with E-state index in [4.69, 9.17) is 0 Å². The summed E-state index contributed by atoms with van der Waals surface area (Å²) in [5.74, 6) is -0.00810. The molecular weight excluding hydrogens is 238 g/mol. The highest BCUT2D eigenvalue weighted by atomic mass is 16.3. The van der Waals surface area contributed by atoms with Gasteiger partial charge in [-0.3, -0.25) is 4.79 Å². The van der Waals surface area contributed by atoms with E-state index in [0.717, 1.165) is 19.3 Å². The molecule has 2 rings (SSSR count). The summed E-state index contributed by atoms with van der Waals surface area (Å²) in [5.41, 5.74) is 1.17. The fraction of sp³-hybridized carbons (Fsp3) is 0.438. The van der Waals surface area contributed by atoms with Crippen molar-refractivity contribution in [2.24, 2.45) is 5.41 Å². The predicted octanol–water partition coefficient (Wildman–Crippen LogP) is 2.02. The fourth-order valence-electron chi connectivity index (χ4n) is 2.75. The van der Waals surface area contributed by atoms with Gasteiger partial charge in [0.25, 0.3) is 0 Å². The minimum absolute atomic E-state index is 0.00810. The number of rotatable bonds is 4. The molecule has 1 aliphatic heterocycles. The van der Waals surface area contributed by atoms with E-state index in [-0.39, 0.29) is 17.9 Å². The van der Waals surface area contributed by atoms with E-state index in [1.54, 1.807) is 0 Å². The average molecular weight is 259 g/mol. The number of carbonyl (C=O) groups excluding carboxylic acids is 1. The van der Waals surface area contributed by atoms with Crippen LogP contribution in [0.1, 0.15) is 18.4 Å². The van der Waals surface area contributed by atoms with Crippen LogP contribution in [-0.4, -0.2) is 35.6 Å². The normalized spacial score (nSPS) is 18.1. The van der Waals surface area contributed by atoms with Gasteiger partial charge in [-0.25, -0.2) is 0 Å². The Morgan fingerprint density at radius 1 is 1.32 bits per heavy atom. The first-order valence-corrected chi connectivity index (χ1v) is 6.75. The van der Waals surface area contributed by atoms with Gasteiger partial charge < -0.3 is 10.0 Å². The number of piperidine rings is 1. The molecule has 0 atom stereocenters. The van der Waals surface area contributed by atoms with Crippen molar-refractivity contribution in [3.63, 3.8) is 0 Å². The molecule has 3 nitrogen and oxygen atoms in total. The fourth-order valence-corrected chi connectivity index (χ4v) is 2.75. The first-order chi connectivity index (χ1) is 9.19. The van der Waals surface area contributed by atoms with Crippen molar-refractivity contribution in [2.45, 2.75) is 19.3 Å². The monoisotopic (exact) mass is 259 g/mol. The molecule has 1 heterocycles. The number of benzene rings is 1. The third kappa shape index (κ3) is 3.24. The van der Waals surface area contributed by atoms with Gasteiger partial charge in [-0.1, -0.05) is 36.9 Å². The maximum atomic E-state index is 11.6. The van der Waals surface area contributed by atoms with Gasteiger partial charge in [0.05, 0.1) is 0 Å².